The van der Waals surface area contributed by atoms with E-state index in [1.807, 2.05) is 41.3 Å². The number of halogens is 2. The molecule has 9 rings (SSSR count). The van der Waals surface area contributed by atoms with Crippen molar-refractivity contribution in [3.05, 3.63) is 102 Å². The Balaban J connectivity index is 0.773. The average Bonchev–Trinajstić information content (AvgIpc) is 3.24. The average molecular weight is 804 g/mol. The van der Waals surface area contributed by atoms with Crippen molar-refractivity contribution in [2.75, 3.05) is 68.7 Å². The Kier molecular flexibility index (Phi) is 10.6. The normalized spacial score (nSPS) is 22.3. The number of carbonyl (C=O) groups excluding carboxylic acids is 3. The van der Waals surface area contributed by atoms with Crippen LogP contribution in [-0.2, 0) is 19.8 Å². The molecule has 5 aliphatic heterocycles. The maximum Gasteiger partial charge on any atom is 0.234 e. The van der Waals surface area contributed by atoms with E-state index in [2.05, 4.69) is 42.3 Å². The van der Waals surface area contributed by atoms with E-state index >= 15 is 8.78 Å². The van der Waals surface area contributed by atoms with Crippen LogP contribution in [-0.4, -0.2) is 102 Å². The van der Waals surface area contributed by atoms with Crippen LogP contribution in [0, 0.1) is 23.0 Å². The second-order valence-corrected chi connectivity index (χ2v) is 17.5. The number of piperidine rings is 4. The quantitative estimate of drug-likeness (QED) is 0.206. The first-order valence-corrected chi connectivity index (χ1v) is 21.1. The molecule has 59 heavy (non-hydrogen) atoms. The van der Waals surface area contributed by atoms with Gasteiger partial charge in [-0.05, 0) is 99.8 Å². The first kappa shape index (κ1) is 39.1. The van der Waals surface area contributed by atoms with Gasteiger partial charge in [0.15, 0.2) is 0 Å². The van der Waals surface area contributed by atoms with Crippen LogP contribution in [0.5, 0.6) is 5.75 Å². The van der Waals surface area contributed by atoms with Crippen molar-refractivity contribution in [2.24, 2.45) is 11.3 Å². The Morgan fingerprint density at radius 2 is 1.46 bits per heavy atom. The summed E-state index contributed by atoms with van der Waals surface area (Å²) in [6.45, 7) is 7.40. The van der Waals surface area contributed by atoms with Crippen LogP contribution in [0.25, 0.3) is 11.3 Å². The molecule has 1 aromatic heterocycles. The lowest BCUT2D eigenvalue weighted by molar-refractivity contribution is -0.154. The van der Waals surface area contributed by atoms with Gasteiger partial charge < -0.3 is 24.7 Å². The lowest BCUT2D eigenvalue weighted by Crippen LogP contribution is -2.66. The molecule has 0 bridgehead atoms. The zero-order chi connectivity index (χ0) is 40.7. The fraction of sp³-hybridized carbons (Fsp3) is 0.457. The molecule has 4 aromatic rings. The molecule has 3 amide bonds. The standard InChI is InChI=1S/C46H51F2N7O4/c47-37-24-33(25-38(48)42(37)36-10-11-41(57)50-43(36)58)53-18-12-31(13-19-53)28-52-20-14-45(15-21-52)29-55(30-45)44(59)46(32-6-2-1-3-7-32)16-22-54(23-17-46)34-26-39(51-49-27-34)35-8-4-5-9-40(35)56/h1-9,24-27,31,36,56H,10-23,28-30H2,(H,50,57,58)/t36-/m1/s1. The van der Waals surface area contributed by atoms with Crippen molar-refractivity contribution in [2.45, 2.75) is 62.7 Å². The highest BCUT2D eigenvalue weighted by Crippen LogP contribution is 2.46. The zero-order valence-corrected chi connectivity index (χ0v) is 33.3. The van der Waals surface area contributed by atoms with E-state index in [4.69, 9.17) is 0 Å². The van der Waals surface area contributed by atoms with Gasteiger partial charge in [0, 0.05) is 74.5 Å². The maximum absolute atomic E-state index is 15.2. The van der Waals surface area contributed by atoms with E-state index in [1.165, 1.54) is 12.1 Å². The fourth-order valence-electron chi connectivity index (χ4n) is 10.4. The molecule has 1 atom stereocenters. The highest BCUT2D eigenvalue weighted by atomic mass is 19.1. The lowest BCUT2D eigenvalue weighted by atomic mass is 9.67. The Labute approximate surface area is 343 Å². The van der Waals surface area contributed by atoms with Crippen LogP contribution in [0.4, 0.5) is 20.2 Å². The number of phenols is 1. The van der Waals surface area contributed by atoms with Crippen LogP contribution in [0.15, 0.2) is 79.0 Å². The molecule has 13 heteroatoms. The molecule has 5 fully saturated rings. The van der Waals surface area contributed by atoms with Crippen LogP contribution in [0.2, 0.25) is 0 Å². The number of para-hydroxylation sites is 1. The summed E-state index contributed by atoms with van der Waals surface area (Å²) in [5.41, 5.74) is 3.05. The van der Waals surface area contributed by atoms with Crippen molar-refractivity contribution in [1.82, 2.24) is 25.3 Å². The number of hydrogen-bond acceptors (Lipinski definition) is 9. The molecule has 0 aliphatic carbocycles. The lowest BCUT2D eigenvalue weighted by Gasteiger charge is -2.57. The van der Waals surface area contributed by atoms with Crippen molar-refractivity contribution >= 4 is 29.1 Å². The van der Waals surface area contributed by atoms with Gasteiger partial charge in [0.1, 0.15) is 17.4 Å². The minimum Gasteiger partial charge on any atom is -0.507 e. The van der Waals surface area contributed by atoms with Crippen molar-refractivity contribution in [1.29, 1.82) is 0 Å². The van der Waals surface area contributed by atoms with Crippen molar-refractivity contribution in [3.63, 3.8) is 0 Å². The van der Waals surface area contributed by atoms with E-state index < -0.39 is 34.8 Å². The number of amides is 3. The fourth-order valence-corrected chi connectivity index (χ4v) is 10.4. The molecule has 3 aromatic carbocycles. The molecular weight excluding hydrogens is 753 g/mol. The summed E-state index contributed by atoms with van der Waals surface area (Å²) in [6.07, 6.45) is 7.29. The molecule has 0 radical (unpaired) electrons. The summed E-state index contributed by atoms with van der Waals surface area (Å²) in [5.74, 6) is -2.66. The second kappa shape index (κ2) is 16.0. The predicted molar refractivity (Wildman–Crippen MR) is 220 cm³/mol. The van der Waals surface area contributed by atoms with Gasteiger partial charge in [0.05, 0.1) is 28.9 Å². The number of nitrogens with zero attached hydrogens (tertiary/aromatic N) is 6. The molecule has 5 saturated heterocycles. The summed E-state index contributed by atoms with van der Waals surface area (Å²) < 4.78 is 30.5. The summed E-state index contributed by atoms with van der Waals surface area (Å²) in [6, 6.07) is 22.0. The number of imide groups is 1. The summed E-state index contributed by atoms with van der Waals surface area (Å²) >= 11 is 0. The van der Waals surface area contributed by atoms with Crippen LogP contribution in [0.3, 0.4) is 0 Å². The van der Waals surface area contributed by atoms with Crippen LogP contribution in [0.1, 0.15) is 68.4 Å². The first-order chi connectivity index (χ1) is 28.6. The number of likely N-dealkylation sites (tertiary alicyclic amines) is 2. The molecule has 0 saturated carbocycles. The van der Waals surface area contributed by atoms with E-state index in [0.717, 1.165) is 69.7 Å². The van der Waals surface area contributed by atoms with Crippen LogP contribution >= 0.6 is 0 Å². The number of phenolic OH excluding ortho intramolecular Hbond substituents is 1. The summed E-state index contributed by atoms with van der Waals surface area (Å²) in [4.78, 5) is 47.4. The molecule has 11 nitrogen and oxygen atoms in total. The highest BCUT2D eigenvalue weighted by Gasteiger charge is 2.53. The Morgan fingerprint density at radius 3 is 2.14 bits per heavy atom. The Bertz CT molecular complexity index is 2180. The van der Waals surface area contributed by atoms with Gasteiger partial charge >= 0.3 is 0 Å². The monoisotopic (exact) mass is 803 g/mol. The highest BCUT2D eigenvalue weighted by molar-refractivity contribution is 6.01. The van der Waals surface area contributed by atoms with Gasteiger partial charge in [-0.15, -0.1) is 0 Å². The number of aromatic nitrogens is 2. The van der Waals surface area contributed by atoms with Gasteiger partial charge in [0.2, 0.25) is 17.7 Å². The third-order valence-corrected chi connectivity index (χ3v) is 13.9. The minimum absolute atomic E-state index is 0.0639. The zero-order valence-electron chi connectivity index (χ0n) is 33.3. The van der Waals surface area contributed by atoms with Crippen molar-refractivity contribution < 1.29 is 28.3 Å². The van der Waals surface area contributed by atoms with E-state index in [-0.39, 0.29) is 35.5 Å². The Hall–Kier alpha value is -5.43. The number of aromatic hydroxyl groups is 1. The second-order valence-electron chi connectivity index (χ2n) is 17.5. The molecule has 308 valence electrons. The molecule has 0 unspecified atom stereocenters. The molecule has 2 N–H and O–H groups in total. The number of benzene rings is 3. The van der Waals surface area contributed by atoms with Gasteiger partial charge in [-0.1, -0.05) is 42.5 Å². The molecule has 1 spiro atoms. The minimum atomic E-state index is -1.00. The summed E-state index contributed by atoms with van der Waals surface area (Å²) in [5, 5.41) is 21.2. The van der Waals surface area contributed by atoms with Gasteiger partial charge in [-0.3, -0.25) is 19.7 Å². The van der Waals surface area contributed by atoms with Gasteiger partial charge in [0.25, 0.3) is 0 Å². The number of anilines is 2. The number of hydrogen-bond donors (Lipinski definition) is 2. The predicted octanol–water partition coefficient (Wildman–Crippen LogP) is 6.03. The van der Waals surface area contributed by atoms with E-state index in [9.17, 15) is 19.5 Å². The number of nitrogens with one attached hydrogen (secondary N) is 1. The molecule has 5 aliphatic rings. The van der Waals surface area contributed by atoms with Crippen LogP contribution < -0.4 is 15.1 Å². The first-order valence-electron chi connectivity index (χ1n) is 21.1. The third-order valence-electron chi connectivity index (χ3n) is 13.9. The van der Waals surface area contributed by atoms with E-state index in [1.54, 1.807) is 18.3 Å². The summed E-state index contributed by atoms with van der Waals surface area (Å²) in [7, 11) is 0. The topological polar surface area (TPSA) is 122 Å². The smallest absolute Gasteiger partial charge is 0.234 e. The maximum atomic E-state index is 15.2. The van der Waals surface area contributed by atoms with Gasteiger partial charge in [-0.25, -0.2) is 8.78 Å². The number of carbonyl (C=O) groups is 3. The molecule has 6 heterocycles. The third kappa shape index (κ3) is 7.65. The largest absolute Gasteiger partial charge is 0.507 e. The Morgan fingerprint density at radius 1 is 0.797 bits per heavy atom. The van der Waals surface area contributed by atoms with E-state index in [0.29, 0.717) is 61.9 Å². The number of rotatable bonds is 8. The van der Waals surface area contributed by atoms with Crippen molar-refractivity contribution in [3.8, 4) is 17.0 Å². The SMILES string of the molecule is O=C1CC[C@H](c2c(F)cc(N3CCC(CN4CCC5(CC4)CN(C(=O)C4(c6ccccc6)CCN(c6cnnc(-c7ccccc7O)c6)CC4)C5)CC3)cc2F)C(=O)N1. The molecular formula is C46H51F2N7O4. The van der Waals surface area contributed by atoms with Gasteiger partial charge in [-0.2, -0.15) is 10.2 Å².